The molecule has 2 atom stereocenters. The van der Waals surface area contributed by atoms with Gasteiger partial charge in [0.05, 0.1) is 11.5 Å². The monoisotopic (exact) mass is 295 g/mol. The van der Waals surface area contributed by atoms with Crippen molar-refractivity contribution in [3.8, 4) is 0 Å². The molecule has 102 valence electrons. The lowest BCUT2D eigenvalue weighted by Gasteiger charge is -2.20. The Morgan fingerprint density at radius 2 is 2.21 bits per heavy atom. The van der Waals surface area contributed by atoms with Gasteiger partial charge in [-0.3, -0.25) is 4.79 Å². The quantitative estimate of drug-likeness (QED) is 0.892. The summed E-state index contributed by atoms with van der Waals surface area (Å²) >= 11 is 3.05. The zero-order valence-corrected chi connectivity index (χ0v) is 12.6. The van der Waals surface area contributed by atoms with E-state index in [9.17, 15) is 9.90 Å². The first-order chi connectivity index (χ1) is 9.15. The molecule has 1 amide bonds. The number of carbonyl (C=O) groups is 1. The molecule has 2 N–H and O–H groups in total. The van der Waals surface area contributed by atoms with Crippen LogP contribution >= 0.6 is 23.1 Å². The van der Waals surface area contributed by atoms with Crippen molar-refractivity contribution in [3.05, 3.63) is 35.2 Å². The molecule has 5 heteroatoms. The first kappa shape index (κ1) is 14.4. The van der Waals surface area contributed by atoms with E-state index >= 15 is 0 Å². The fraction of sp³-hybridized carbons (Fsp3) is 0.357. The summed E-state index contributed by atoms with van der Waals surface area (Å²) in [5.41, 5.74) is 0. The molecule has 0 spiro atoms. The highest BCUT2D eigenvalue weighted by Crippen LogP contribution is 2.25. The fourth-order valence-electron chi connectivity index (χ4n) is 1.90. The number of carbonyl (C=O) groups excluding carboxylic acids is 1. The molecular formula is C14H17NO2S2. The number of benzene rings is 1. The van der Waals surface area contributed by atoms with Gasteiger partial charge in [0, 0.05) is 16.0 Å². The summed E-state index contributed by atoms with van der Waals surface area (Å²) in [6.07, 6.45) is 1.93. The average molecular weight is 295 g/mol. The van der Waals surface area contributed by atoms with Crippen LogP contribution < -0.4 is 5.32 Å². The van der Waals surface area contributed by atoms with Crippen molar-refractivity contribution in [3.63, 3.8) is 0 Å². The van der Waals surface area contributed by atoms with Crippen LogP contribution in [0.3, 0.4) is 0 Å². The normalized spacial score (nSPS) is 14.3. The Bertz CT molecular complexity index is 530. The first-order valence-electron chi connectivity index (χ1n) is 6.08. The van der Waals surface area contributed by atoms with E-state index < -0.39 is 0 Å². The smallest absolute Gasteiger partial charge is 0.261 e. The third kappa shape index (κ3) is 3.29. The van der Waals surface area contributed by atoms with E-state index in [0.717, 1.165) is 10.1 Å². The van der Waals surface area contributed by atoms with E-state index in [1.54, 1.807) is 11.8 Å². The summed E-state index contributed by atoms with van der Waals surface area (Å²) in [6.45, 7) is 1.98. The summed E-state index contributed by atoms with van der Waals surface area (Å²) in [6, 6.07) is 9.81. The Hall–Kier alpha value is -1.04. The van der Waals surface area contributed by atoms with Crippen LogP contribution in [-0.4, -0.2) is 35.2 Å². The number of hydrogen-bond donors (Lipinski definition) is 2. The predicted octanol–water partition coefficient (Wildman–Crippen LogP) is 2.74. The molecule has 2 aromatic rings. The van der Waals surface area contributed by atoms with Crippen LogP contribution in [0.4, 0.5) is 0 Å². The van der Waals surface area contributed by atoms with Gasteiger partial charge in [0.15, 0.2) is 0 Å². The van der Waals surface area contributed by atoms with Crippen molar-refractivity contribution in [2.75, 3.05) is 12.9 Å². The molecule has 0 bridgehead atoms. The van der Waals surface area contributed by atoms with Gasteiger partial charge in [-0.2, -0.15) is 11.8 Å². The largest absolute Gasteiger partial charge is 0.395 e. The van der Waals surface area contributed by atoms with E-state index in [-0.39, 0.29) is 23.8 Å². The molecule has 0 saturated heterocycles. The van der Waals surface area contributed by atoms with Gasteiger partial charge in [-0.25, -0.2) is 0 Å². The molecule has 19 heavy (non-hydrogen) atoms. The highest BCUT2D eigenvalue weighted by atomic mass is 32.2. The minimum atomic E-state index is -0.0683. The minimum Gasteiger partial charge on any atom is -0.395 e. The van der Waals surface area contributed by atoms with Crippen LogP contribution in [0.1, 0.15) is 16.6 Å². The van der Waals surface area contributed by atoms with Crippen molar-refractivity contribution in [2.45, 2.75) is 18.2 Å². The number of thiophene rings is 1. The second-order valence-corrected chi connectivity index (χ2v) is 6.53. The maximum atomic E-state index is 12.2. The van der Waals surface area contributed by atoms with Gasteiger partial charge in [-0.1, -0.05) is 18.2 Å². The predicted molar refractivity (Wildman–Crippen MR) is 83.1 cm³/mol. The maximum Gasteiger partial charge on any atom is 0.261 e. The standard InChI is InChI=1S/C14H17NO2S2/c1-9(13(8-16)18-2)15-14(17)12-7-10-5-3-4-6-11(10)19-12/h3-7,9,13,16H,8H2,1-2H3,(H,15,17)/t9-,13-/m1/s1. The van der Waals surface area contributed by atoms with E-state index in [1.165, 1.54) is 11.3 Å². The van der Waals surface area contributed by atoms with Gasteiger partial charge in [-0.15, -0.1) is 11.3 Å². The Balaban J connectivity index is 2.11. The van der Waals surface area contributed by atoms with Crippen LogP contribution in [0.25, 0.3) is 10.1 Å². The van der Waals surface area contributed by atoms with E-state index in [0.29, 0.717) is 4.88 Å². The second kappa shape index (κ2) is 6.41. The molecule has 1 heterocycles. The van der Waals surface area contributed by atoms with Crippen molar-refractivity contribution in [2.24, 2.45) is 0 Å². The van der Waals surface area contributed by atoms with E-state index in [1.807, 2.05) is 43.5 Å². The molecule has 0 radical (unpaired) electrons. The number of rotatable bonds is 5. The Kier molecular flexibility index (Phi) is 4.85. The number of aliphatic hydroxyl groups is 1. The summed E-state index contributed by atoms with van der Waals surface area (Å²) in [5, 5.41) is 13.3. The van der Waals surface area contributed by atoms with Gasteiger partial charge in [0.2, 0.25) is 0 Å². The fourth-order valence-corrected chi connectivity index (χ4v) is 3.49. The number of hydrogen-bond acceptors (Lipinski definition) is 4. The second-order valence-electron chi connectivity index (χ2n) is 4.37. The van der Waals surface area contributed by atoms with Crippen LogP contribution in [0.15, 0.2) is 30.3 Å². The molecule has 0 aliphatic rings. The SMILES string of the molecule is CS[C@H](CO)[C@@H](C)NC(=O)c1cc2ccccc2s1. The highest BCUT2D eigenvalue weighted by molar-refractivity contribution is 7.99. The van der Waals surface area contributed by atoms with Gasteiger partial charge < -0.3 is 10.4 Å². The van der Waals surface area contributed by atoms with Gasteiger partial charge in [0.1, 0.15) is 0 Å². The average Bonchev–Trinajstić information content (AvgIpc) is 2.84. The molecule has 0 aliphatic carbocycles. The summed E-state index contributed by atoms with van der Waals surface area (Å²) in [5.74, 6) is -0.0683. The van der Waals surface area contributed by atoms with Crippen molar-refractivity contribution >= 4 is 39.1 Å². The number of thioether (sulfide) groups is 1. The molecule has 1 aromatic heterocycles. The zero-order chi connectivity index (χ0) is 13.8. The third-order valence-corrected chi connectivity index (χ3v) is 5.33. The zero-order valence-electron chi connectivity index (χ0n) is 10.9. The summed E-state index contributed by atoms with van der Waals surface area (Å²) < 4.78 is 1.11. The summed E-state index contributed by atoms with van der Waals surface area (Å²) in [7, 11) is 0. The van der Waals surface area contributed by atoms with Crippen LogP contribution in [0.5, 0.6) is 0 Å². The highest BCUT2D eigenvalue weighted by Gasteiger charge is 2.19. The van der Waals surface area contributed by atoms with Gasteiger partial charge in [0.25, 0.3) is 5.91 Å². The van der Waals surface area contributed by atoms with Crippen molar-refractivity contribution < 1.29 is 9.90 Å². The Morgan fingerprint density at radius 3 is 2.84 bits per heavy atom. The van der Waals surface area contributed by atoms with Crippen LogP contribution in [0, 0.1) is 0 Å². The number of nitrogens with one attached hydrogen (secondary N) is 1. The van der Waals surface area contributed by atoms with E-state index in [2.05, 4.69) is 5.32 Å². The Labute approximate surface area is 121 Å². The molecule has 0 saturated carbocycles. The topological polar surface area (TPSA) is 49.3 Å². The van der Waals surface area contributed by atoms with Crippen LogP contribution in [-0.2, 0) is 0 Å². The lowest BCUT2D eigenvalue weighted by atomic mass is 10.2. The Morgan fingerprint density at radius 1 is 1.47 bits per heavy atom. The lowest BCUT2D eigenvalue weighted by molar-refractivity contribution is 0.0940. The summed E-state index contributed by atoms with van der Waals surface area (Å²) in [4.78, 5) is 12.9. The van der Waals surface area contributed by atoms with Crippen molar-refractivity contribution in [1.29, 1.82) is 0 Å². The maximum absolute atomic E-state index is 12.2. The number of amides is 1. The molecule has 0 aliphatic heterocycles. The molecule has 1 aromatic carbocycles. The van der Waals surface area contributed by atoms with E-state index in [4.69, 9.17) is 0 Å². The van der Waals surface area contributed by atoms with Crippen LogP contribution in [0.2, 0.25) is 0 Å². The van der Waals surface area contributed by atoms with Gasteiger partial charge in [-0.05, 0) is 30.7 Å². The van der Waals surface area contributed by atoms with Gasteiger partial charge >= 0.3 is 0 Å². The van der Waals surface area contributed by atoms with Crippen molar-refractivity contribution in [1.82, 2.24) is 5.32 Å². The molecular weight excluding hydrogens is 278 g/mol. The molecule has 2 rings (SSSR count). The number of fused-ring (bicyclic) bond motifs is 1. The lowest BCUT2D eigenvalue weighted by Crippen LogP contribution is -2.40. The molecule has 0 unspecified atom stereocenters. The third-order valence-electron chi connectivity index (χ3n) is 3.05. The number of aliphatic hydroxyl groups excluding tert-OH is 1. The molecule has 3 nitrogen and oxygen atoms in total. The first-order valence-corrected chi connectivity index (χ1v) is 8.19. The molecule has 0 fully saturated rings. The minimum absolute atomic E-state index is 0.0262.